The molecule has 28 heavy (non-hydrogen) atoms. The van der Waals surface area contributed by atoms with Crippen molar-refractivity contribution in [1.82, 2.24) is 14.9 Å². The van der Waals surface area contributed by atoms with E-state index in [0.29, 0.717) is 10.0 Å². The Morgan fingerprint density at radius 3 is 2.79 bits per heavy atom. The molecule has 2 rings (SSSR count). The van der Waals surface area contributed by atoms with Crippen LogP contribution in [0.25, 0.3) is 21.0 Å². The molecule has 148 valence electrons. The van der Waals surface area contributed by atoms with E-state index in [4.69, 9.17) is 10.3 Å². The SMILES string of the molecule is CC(C(=O)Nc1cnc(-c2cccnc2)s1)N(CN=[N+]=[N-])C(=O)OC(C)(C)C. The lowest BCUT2D eigenvalue weighted by Crippen LogP contribution is -2.47. The van der Waals surface area contributed by atoms with Gasteiger partial charge in [0.25, 0.3) is 0 Å². The van der Waals surface area contributed by atoms with Crippen molar-refractivity contribution in [1.29, 1.82) is 0 Å². The van der Waals surface area contributed by atoms with Gasteiger partial charge in [0.05, 0.1) is 6.20 Å². The molecule has 10 nitrogen and oxygen atoms in total. The van der Waals surface area contributed by atoms with Crippen LogP contribution in [0.3, 0.4) is 0 Å². The first-order chi connectivity index (χ1) is 13.2. The number of pyridine rings is 1. The van der Waals surface area contributed by atoms with Gasteiger partial charge in [0, 0.05) is 22.9 Å². The largest absolute Gasteiger partial charge is 0.444 e. The normalized spacial score (nSPS) is 11.9. The van der Waals surface area contributed by atoms with Crippen molar-refractivity contribution < 1.29 is 14.3 Å². The molecule has 0 saturated heterocycles. The Morgan fingerprint density at radius 2 is 2.18 bits per heavy atom. The van der Waals surface area contributed by atoms with Gasteiger partial charge in [0.15, 0.2) is 0 Å². The summed E-state index contributed by atoms with van der Waals surface area (Å²) >= 11 is 1.28. The van der Waals surface area contributed by atoms with E-state index in [2.05, 4.69) is 25.3 Å². The molecule has 0 spiro atoms. The zero-order valence-electron chi connectivity index (χ0n) is 16.0. The van der Waals surface area contributed by atoms with Crippen LogP contribution < -0.4 is 5.32 Å². The average Bonchev–Trinajstić information content (AvgIpc) is 3.09. The number of nitrogens with one attached hydrogen (secondary N) is 1. The monoisotopic (exact) mass is 403 g/mol. The average molecular weight is 403 g/mol. The standard InChI is InChI=1S/C17H21N7O3S/c1-11(24(10-21-23-18)16(26)27-17(2,3)4)14(25)22-13-9-20-15(28-13)12-6-5-7-19-8-12/h5-9,11H,10H2,1-4H3,(H,22,25). The van der Waals surface area contributed by atoms with Gasteiger partial charge in [0.1, 0.15) is 28.3 Å². The number of hydrogen-bond donors (Lipinski definition) is 1. The molecular formula is C17H21N7O3S. The molecule has 1 N–H and O–H groups in total. The van der Waals surface area contributed by atoms with E-state index in [1.807, 2.05) is 6.07 Å². The highest BCUT2D eigenvalue weighted by molar-refractivity contribution is 7.19. The maximum Gasteiger partial charge on any atom is 0.411 e. The number of carbonyl (C=O) groups excluding carboxylic acids is 2. The predicted octanol–water partition coefficient (Wildman–Crippen LogP) is 4.04. The van der Waals surface area contributed by atoms with Crippen molar-refractivity contribution in [3.63, 3.8) is 0 Å². The van der Waals surface area contributed by atoms with Crippen LogP contribution in [-0.2, 0) is 9.53 Å². The third-order valence-corrected chi connectivity index (χ3v) is 4.38. The Kier molecular flexibility index (Phi) is 6.91. The number of ether oxygens (including phenoxy) is 1. The molecular weight excluding hydrogens is 382 g/mol. The van der Waals surface area contributed by atoms with Crippen molar-refractivity contribution in [2.75, 3.05) is 12.0 Å². The van der Waals surface area contributed by atoms with Gasteiger partial charge >= 0.3 is 6.09 Å². The minimum Gasteiger partial charge on any atom is -0.444 e. The van der Waals surface area contributed by atoms with Crippen molar-refractivity contribution in [2.45, 2.75) is 39.3 Å². The zero-order valence-corrected chi connectivity index (χ0v) is 16.8. The van der Waals surface area contributed by atoms with E-state index in [0.717, 1.165) is 10.5 Å². The second-order valence-electron chi connectivity index (χ2n) is 6.76. The Labute approximate surface area is 166 Å². The van der Waals surface area contributed by atoms with Crippen molar-refractivity contribution in [2.24, 2.45) is 5.11 Å². The molecule has 1 atom stereocenters. The van der Waals surface area contributed by atoms with E-state index in [1.165, 1.54) is 24.5 Å². The van der Waals surface area contributed by atoms with Gasteiger partial charge < -0.3 is 10.1 Å². The summed E-state index contributed by atoms with van der Waals surface area (Å²) in [5, 5.41) is 7.33. The second-order valence-corrected chi connectivity index (χ2v) is 7.79. The number of carbonyl (C=O) groups is 2. The molecule has 2 heterocycles. The molecule has 11 heteroatoms. The zero-order chi connectivity index (χ0) is 20.7. The van der Waals surface area contributed by atoms with Crippen LogP contribution in [-0.4, -0.2) is 45.2 Å². The molecule has 0 saturated carbocycles. The molecule has 0 bridgehead atoms. The lowest BCUT2D eigenvalue weighted by Gasteiger charge is -2.29. The molecule has 0 aromatic carbocycles. The molecule has 1 unspecified atom stereocenters. The predicted molar refractivity (Wildman–Crippen MR) is 106 cm³/mol. The minimum absolute atomic E-state index is 0.330. The van der Waals surface area contributed by atoms with Crippen LogP contribution in [0.5, 0.6) is 0 Å². The Balaban J connectivity index is 2.11. The summed E-state index contributed by atoms with van der Waals surface area (Å²) in [6.07, 6.45) is 4.12. The van der Waals surface area contributed by atoms with Crippen LogP contribution in [0.15, 0.2) is 35.8 Å². The number of amides is 2. The third kappa shape index (κ3) is 5.93. The van der Waals surface area contributed by atoms with E-state index in [9.17, 15) is 9.59 Å². The van der Waals surface area contributed by atoms with Crippen molar-refractivity contribution in [3.8, 4) is 10.6 Å². The fraction of sp³-hybridized carbons (Fsp3) is 0.412. The molecule has 2 amide bonds. The molecule has 0 radical (unpaired) electrons. The first kappa shape index (κ1) is 21.1. The summed E-state index contributed by atoms with van der Waals surface area (Å²) in [6, 6.07) is 2.74. The van der Waals surface area contributed by atoms with Gasteiger partial charge in [-0.3, -0.25) is 14.7 Å². The summed E-state index contributed by atoms with van der Waals surface area (Å²) < 4.78 is 5.29. The molecule has 0 aliphatic carbocycles. The first-order valence-electron chi connectivity index (χ1n) is 8.39. The summed E-state index contributed by atoms with van der Waals surface area (Å²) in [5.41, 5.74) is 8.64. The fourth-order valence-corrected chi connectivity index (χ4v) is 2.89. The van der Waals surface area contributed by atoms with Crippen LogP contribution in [0.2, 0.25) is 0 Å². The van der Waals surface area contributed by atoms with Gasteiger partial charge in [-0.25, -0.2) is 9.78 Å². The van der Waals surface area contributed by atoms with Crippen molar-refractivity contribution >= 4 is 28.3 Å². The summed E-state index contributed by atoms with van der Waals surface area (Å²) in [6.45, 7) is 6.31. The van der Waals surface area contributed by atoms with Gasteiger partial charge in [-0.05, 0) is 45.4 Å². The van der Waals surface area contributed by atoms with E-state index in [-0.39, 0.29) is 6.67 Å². The van der Waals surface area contributed by atoms with Crippen molar-refractivity contribution in [3.05, 3.63) is 41.2 Å². The van der Waals surface area contributed by atoms with Gasteiger partial charge in [-0.1, -0.05) is 16.5 Å². The summed E-state index contributed by atoms with van der Waals surface area (Å²) in [5.74, 6) is -0.458. The van der Waals surface area contributed by atoms with Gasteiger partial charge in [-0.15, -0.1) is 0 Å². The smallest absolute Gasteiger partial charge is 0.411 e. The fourth-order valence-electron chi connectivity index (χ4n) is 2.08. The van der Waals surface area contributed by atoms with E-state index >= 15 is 0 Å². The van der Waals surface area contributed by atoms with Gasteiger partial charge in [0.2, 0.25) is 5.91 Å². The number of rotatable bonds is 6. The number of nitrogens with zero attached hydrogens (tertiary/aromatic N) is 6. The number of aromatic nitrogens is 2. The summed E-state index contributed by atoms with van der Waals surface area (Å²) in [4.78, 5) is 37.0. The highest BCUT2D eigenvalue weighted by Gasteiger charge is 2.29. The lowest BCUT2D eigenvalue weighted by atomic mass is 10.2. The maximum absolute atomic E-state index is 12.6. The first-order valence-corrected chi connectivity index (χ1v) is 9.20. The van der Waals surface area contributed by atoms with Crippen LogP contribution >= 0.6 is 11.3 Å². The maximum atomic E-state index is 12.6. The molecule has 0 aliphatic heterocycles. The van der Waals surface area contributed by atoms with Gasteiger partial charge in [-0.2, -0.15) is 0 Å². The second kappa shape index (κ2) is 9.16. The number of thiazole rings is 1. The lowest BCUT2D eigenvalue weighted by molar-refractivity contribution is -0.120. The number of azide groups is 1. The molecule has 2 aromatic rings. The van der Waals surface area contributed by atoms with E-state index < -0.39 is 23.6 Å². The highest BCUT2D eigenvalue weighted by atomic mass is 32.1. The highest BCUT2D eigenvalue weighted by Crippen LogP contribution is 2.28. The Morgan fingerprint density at radius 1 is 1.43 bits per heavy atom. The molecule has 0 aliphatic rings. The molecule has 0 fully saturated rings. The number of anilines is 1. The summed E-state index contributed by atoms with van der Waals surface area (Å²) in [7, 11) is 0. The Bertz CT molecular complexity index is 872. The van der Waals surface area contributed by atoms with Crippen LogP contribution in [0.1, 0.15) is 27.7 Å². The quantitative estimate of drug-likeness (QED) is 0.441. The molecule has 2 aromatic heterocycles. The van der Waals surface area contributed by atoms with E-state index in [1.54, 1.807) is 39.2 Å². The van der Waals surface area contributed by atoms with Crippen LogP contribution in [0, 0.1) is 0 Å². The number of hydrogen-bond acceptors (Lipinski definition) is 7. The Hall–Kier alpha value is -3.17. The topological polar surface area (TPSA) is 133 Å². The van der Waals surface area contributed by atoms with Crippen LogP contribution in [0.4, 0.5) is 9.80 Å². The minimum atomic E-state index is -0.927. The third-order valence-electron chi connectivity index (χ3n) is 3.41.